The molecule has 2 unspecified atom stereocenters. The standard InChI is InChI=1S/C55H50N2/c1-6-8-9-17-36-56(44-32-34-49-47-21-14-16-23-51(47)55(5,7-2)53(49)37-44)41-28-24-39(25-29-41)40-26-30-43(31-27-40)57(42-18-11-10-12-19-42)45-33-35-48-46-20-13-15-22-50(46)54(3,4)52(48)38-45/h6,8-33,35-38,49H,1,7,34H2,2-5H3/b9-8-,36-17-. The third kappa shape index (κ3) is 6.21. The Morgan fingerprint density at radius 2 is 1.23 bits per heavy atom. The van der Waals surface area contributed by atoms with Crippen LogP contribution >= 0.6 is 0 Å². The molecule has 3 aliphatic rings. The minimum absolute atomic E-state index is 0.0357. The van der Waals surface area contributed by atoms with Gasteiger partial charge in [0.05, 0.1) is 0 Å². The van der Waals surface area contributed by atoms with E-state index in [1.54, 1.807) is 0 Å². The molecule has 2 atom stereocenters. The Morgan fingerprint density at radius 1 is 0.614 bits per heavy atom. The summed E-state index contributed by atoms with van der Waals surface area (Å²) in [6, 6.07) is 53.6. The Balaban J connectivity index is 1.02. The molecule has 6 aromatic carbocycles. The molecule has 0 spiro atoms. The lowest BCUT2D eigenvalue weighted by Gasteiger charge is -2.32. The van der Waals surface area contributed by atoms with Crippen LogP contribution in [0.15, 0.2) is 206 Å². The molecule has 9 rings (SSSR count). The molecule has 57 heavy (non-hydrogen) atoms. The van der Waals surface area contributed by atoms with Crippen molar-refractivity contribution in [3.05, 3.63) is 228 Å². The van der Waals surface area contributed by atoms with Crippen LogP contribution < -0.4 is 9.80 Å². The average Bonchev–Trinajstić information content (AvgIpc) is 3.65. The summed E-state index contributed by atoms with van der Waals surface area (Å²) in [6.45, 7) is 13.3. The smallest absolute Gasteiger partial charge is 0.0465 e. The fourth-order valence-corrected chi connectivity index (χ4v) is 9.62. The predicted molar refractivity (Wildman–Crippen MR) is 243 cm³/mol. The highest BCUT2D eigenvalue weighted by Crippen LogP contribution is 2.55. The molecule has 0 N–H and O–H groups in total. The molecule has 2 heteroatoms. The Morgan fingerprint density at radius 3 is 1.95 bits per heavy atom. The number of nitrogens with zero attached hydrogens (tertiary/aromatic N) is 2. The van der Waals surface area contributed by atoms with Crippen LogP contribution in [0.5, 0.6) is 0 Å². The van der Waals surface area contributed by atoms with Crippen LogP contribution in [0.1, 0.15) is 68.7 Å². The minimum Gasteiger partial charge on any atom is -0.318 e. The quantitative estimate of drug-likeness (QED) is 0.129. The van der Waals surface area contributed by atoms with Gasteiger partial charge >= 0.3 is 0 Å². The monoisotopic (exact) mass is 738 g/mol. The molecule has 0 heterocycles. The number of hydrogen-bond donors (Lipinski definition) is 0. The summed E-state index contributed by atoms with van der Waals surface area (Å²) in [5, 5.41) is 0. The first-order valence-corrected chi connectivity index (χ1v) is 20.4. The molecule has 0 saturated carbocycles. The van der Waals surface area contributed by atoms with E-state index < -0.39 is 0 Å². The van der Waals surface area contributed by atoms with E-state index in [0.717, 1.165) is 35.6 Å². The molecule has 0 amide bonds. The first-order chi connectivity index (χ1) is 27.8. The molecular weight excluding hydrogens is 689 g/mol. The van der Waals surface area contributed by atoms with Gasteiger partial charge in [-0.1, -0.05) is 161 Å². The maximum absolute atomic E-state index is 3.86. The van der Waals surface area contributed by atoms with Gasteiger partial charge in [-0.2, -0.15) is 0 Å². The Bertz CT molecular complexity index is 2580. The van der Waals surface area contributed by atoms with Gasteiger partial charge in [0.25, 0.3) is 0 Å². The van der Waals surface area contributed by atoms with E-state index in [2.05, 4.69) is 214 Å². The first-order valence-electron chi connectivity index (χ1n) is 20.4. The molecule has 280 valence electrons. The van der Waals surface area contributed by atoms with Crippen molar-refractivity contribution in [1.82, 2.24) is 0 Å². The largest absolute Gasteiger partial charge is 0.318 e. The predicted octanol–water partition coefficient (Wildman–Crippen LogP) is 14.9. The second-order valence-electron chi connectivity index (χ2n) is 16.3. The third-order valence-electron chi connectivity index (χ3n) is 12.8. The summed E-state index contributed by atoms with van der Waals surface area (Å²) < 4.78 is 0. The number of para-hydroxylation sites is 1. The van der Waals surface area contributed by atoms with Gasteiger partial charge in [-0.25, -0.2) is 0 Å². The van der Waals surface area contributed by atoms with Crippen molar-refractivity contribution >= 4 is 22.7 Å². The van der Waals surface area contributed by atoms with E-state index in [4.69, 9.17) is 0 Å². The number of benzene rings is 6. The lowest BCUT2D eigenvalue weighted by Crippen LogP contribution is -2.24. The number of hydrogen-bond acceptors (Lipinski definition) is 2. The zero-order valence-electron chi connectivity index (χ0n) is 33.5. The van der Waals surface area contributed by atoms with Crippen molar-refractivity contribution < 1.29 is 0 Å². The SMILES string of the molecule is C=C/C=C\C=C/N(C1=CCC2C(=C1)C(C)(CC)c1ccccc12)c1ccc(-c2ccc(N(c3ccccc3)c3ccc4c(c3)C(C)(C)c3ccccc3-4)cc2)cc1. The molecule has 6 aromatic rings. The highest BCUT2D eigenvalue weighted by Gasteiger charge is 2.44. The van der Waals surface area contributed by atoms with Crippen LogP contribution in [0, 0.1) is 0 Å². The Kier molecular flexibility index (Phi) is 9.29. The van der Waals surface area contributed by atoms with Crippen molar-refractivity contribution in [2.45, 2.75) is 57.3 Å². The summed E-state index contributed by atoms with van der Waals surface area (Å²) in [7, 11) is 0. The lowest BCUT2D eigenvalue weighted by molar-refractivity contribution is 0.532. The van der Waals surface area contributed by atoms with Crippen LogP contribution in [-0.4, -0.2) is 0 Å². The minimum atomic E-state index is -0.0702. The second kappa shape index (κ2) is 14.6. The van der Waals surface area contributed by atoms with Gasteiger partial charge < -0.3 is 9.80 Å². The van der Waals surface area contributed by atoms with Crippen molar-refractivity contribution in [1.29, 1.82) is 0 Å². The van der Waals surface area contributed by atoms with Gasteiger partial charge in [-0.3, -0.25) is 0 Å². The highest BCUT2D eigenvalue weighted by molar-refractivity contribution is 5.86. The van der Waals surface area contributed by atoms with E-state index >= 15 is 0 Å². The molecule has 0 saturated heterocycles. The maximum atomic E-state index is 3.86. The summed E-state index contributed by atoms with van der Waals surface area (Å²) >= 11 is 0. The van der Waals surface area contributed by atoms with E-state index in [1.165, 1.54) is 55.8 Å². The fourth-order valence-electron chi connectivity index (χ4n) is 9.62. The van der Waals surface area contributed by atoms with Crippen LogP contribution in [0.3, 0.4) is 0 Å². The summed E-state index contributed by atoms with van der Waals surface area (Å²) in [6.07, 6.45) is 17.1. The van der Waals surface area contributed by atoms with Gasteiger partial charge in [0, 0.05) is 51.4 Å². The van der Waals surface area contributed by atoms with Crippen molar-refractivity contribution in [2.24, 2.45) is 0 Å². The average molecular weight is 739 g/mol. The highest BCUT2D eigenvalue weighted by atomic mass is 15.1. The zero-order valence-corrected chi connectivity index (χ0v) is 33.5. The summed E-state index contributed by atoms with van der Waals surface area (Å²) in [5.41, 5.74) is 18.0. The van der Waals surface area contributed by atoms with Crippen molar-refractivity contribution in [3.63, 3.8) is 0 Å². The molecule has 0 radical (unpaired) electrons. The van der Waals surface area contributed by atoms with E-state index in [0.29, 0.717) is 5.92 Å². The summed E-state index contributed by atoms with van der Waals surface area (Å²) in [5.74, 6) is 0.441. The van der Waals surface area contributed by atoms with Gasteiger partial charge in [0.15, 0.2) is 0 Å². The Labute approximate surface area is 339 Å². The van der Waals surface area contributed by atoms with E-state index in [-0.39, 0.29) is 10.8 Å². The summed E-state index contributed by atoms with van der Waals surface area (Å²) in [4.78, 5) is 4.71. The number of anilines is 4. The Hall–Kier alpha value is -6.38. The maximum Gasteiger partial charge on any atom is 0.0465 e. The molecule has 0 aliphatic heterocycles. The molecule has 3 aliphatic carbocycles. The first kappa shape index (κ1) is 36.3. The van der Waals surface area contributed by atoms with Gasteiger partial charge in [-0.15, -0.1) is 0 Å². The van der Waals surface area contributed by atoms with E-state index in [9.17, 15) is 0 Å². The molecule has 0 aromatic heterocycles. The van der Waals surface area contributed by atoms with E-state index in [1.807, 2.05) is 18.2 Å². The molecular formula is C55H50N2. The zero-order chi connectivity index (χ0) is 39.1. The molecule has 0 fully saturated rings. The number of allylic oxidation sites excluding steroid dienone is 7. The van der Waals surface area contributed by atoms with Crippen LogP contribution in [0.4, 0.5) is 22.7 Å². The van der Waals surface area contributed by atoms with Crippen molar-refractivity contribution in [2.75, 3.05) is 9.80 Å². The second-order valence-corrected chi connectivity index (χ2v) is 16.3. The third-order valence-corrected chi connectivity index (χ3v) is 12.8. The fraction of sp³-hybridized carbons (Fsp3) is 0.164. The van der Waals surface area contributed by atoms with Gasteiger partial charge in [-0.05, 0) is 118 Å². The van der Waals surface area contributed by atoms with Crippen LogP contribution in [-0.2, 0) is 10.8 Å². The van der Waals surface area contributed by atoms with Gasteiger partial charge in [0.2, 0.25) is 0 Å². The van der Waals surface area contributed by atoms with Crippen LogP contribution in [0.25, 0.3) is 22.3 Å². The van der Waals surface area contributed by atoms with Crippen molar-refractivity contribution in [3.8, 4) is 22.3 Å². The normalized spacial score (nSPS) is 18.7. The number of fused-ring (bicyclic) bond motifs is 6. The number of rotatable bonds is 10. The van der Waals surface area contributed by atoms with Gasteiger partial charge in [0.1, 0.15) is 0 Å². The topological polar surface area (TPSA) is 6.48 Å². The lowest BCUT2D eigenvalue weighted by atomic mass is 9.75. The molecule has 0 bridgehead atoms. The molecule has 2 nitrogen and oxygen atoms in total. The van der Waals surface area contributed by atoms with Crippen LogP contribution in [0.2, 0.25) is 0 Å².